The molecule has 0 spiro atoms. The minimum Gasteiger partial charge on any atom is -0.326 e. The van der Waals surface area contributed by atoms with Crippen molar-refractivity contribution in [2.24, 2.45) is 0 Å². The highest BCUT2D eigenvalue weighted by molar-refractivity contribution is 6.34. The fourth-order valence-corrected chi connectivity index (χ4v) is 5.50. The Morgan fingerprint density at radius 3 is 2.38 bits per heavy atom. The third-order valence-corrected chi connectivity index (χ3v) is 7.64. The Labute approximate surface area is 230 Å². The van der Waals surface area contributed by atoms with Crippen LogP contribution in [0.15, 0.2) is 85.1 Å². The van der Waals surface area contributed by atoms with Gasteiger partial charge in [-0.15, -0.1) is 0 Å². The summed E-state index contributed by atoms with van der Waals surface area (Å²) in [5, 5.41) is 11.1. The Morgan fingerprint density at radius 1 is 1.00 bits per heavy atom. The van der Waals surface area contributed by atoms with Crippen LogP contribution in [0.3, 0.4) is 0 Å². The number of fused-ring (bicyclic) bond motifs is 3. The number of hydrogen-bond donors (Lipinski definition) is 0. The lowest BCUT2D eigenvalue weighted by molar-refractivity contribution is -0.384. The number of amides is 2. The van der Waals surface area contributed by atoms with Crippen LogP contribution >= 0.6 is 11.6 Å². The Balaban J connectivity index is 1.39. The summed E-state index contributed by atoms with van der Waals surface area (Å²) in [7, 11) is 0. The molecule has 1 fully saturated rings. The molecule has 196 valence electrons. The van der Waals surface area contributed by atoms with Crippen molar-refractivity contribution in [1.29, 1.82) is 0 Å². The number of nitro benzene ring substituents is 1. The highest BCUT2D eigenvalue weighted by atomic mass is 35.5. The van der Waals surface area contributed by atoms with Crippen molar-refractivity contribution in [1.82, 2.24) is 9.47 Å². The van der Waals surface area contributed by atoms with Crippen molar-refractivity contribution in [2.45, 2.75) is 31.8 Å². The molecule has 0 radical (unpaired) electrons. The molecule has 2 aliphatic rings. The van der Waals surface area contributed by atoms with E-state index in [1.807, 2.05) is 73.8 Å². The van der Waals surface area contributed by atoms with Crippen LogP contribution in [-0.4, -0.2) is 38.8 Å². The van der Waals surface area contributed by atoms with Crippen molar-refractivity contribution in [3.05, 3.63) is 123 Å². The molecule has 1 aliphatic heterocycles. The molecular formula is C30H25ClN4O4. The summed E-state index contributed by atoms with van der Waals surface area (Å²) in [4.78, 5) is 41.8. The third kappa shape index (κ3) is 4.46. The van der Waals surface area contributed by atoms with Gasteiger partial charge in [0.05, 0.1) is 32.6 Å². The van der Waals surface area contributed by atoms with Gasteiger partial charge >= 0.3 is 0 Å². The van der Waals surface area contributed by atoms with Gasteiger partial charge in [0.1, 0.15) is 12.6 Å². The average Bonchev–Trinajstić information content (AvgIpc) is 3.66. The summed E-state index contributed by atoms with van der Waals surface area (Å²) < 4.78 is 2.10. The van der Waals surface area contributed by atoms with Crippen LogP contribution in [0.5, 0.6) is 0 Å². The maximum atomic E-state index is 14.3. The number of carbonyl (C=O) groups is 2. The molecule has 6 rings (SSSR count). The zero-order chi connectivity index (χ0) is 27.3. The normalized spacial score (nSPS) is 15.8. The second-order valence-corrected chi connectivity index (χ2v) is 10.4. The molecule has 1 atom stereocenters. The lowest BCUT2D eigenvalue weighted by Crippen LogP contribution is -2.47. The lowest BCUT2D eigenvalue weighted by atomic mass is 9.97. The SMILES string of the molecule is Cc1ccc(C2c3cccn3-c3ccccc3N2C(=O)CN(C(=O)c2ccc([N+](=O)[O-])cc2Cl)C2CC2)cc1. The van der Waals surface area contributed by atoms with E-state index < -0.39 is 10.8 Å². The first-order chi connectivity index (χ1) is 18.8. The molecule has 1 saturated carbocycles. The fourth-order valence-electron chi connectivity index (χ4n) is 5.25. The quantitative estimate of drug-likeness (QED) is 0.219. The van der Waals surface area contributed by atoms with Crippen molar-refractivity contribution in [3.8, 4) is 5.69 Å². The van der Waals surface area contributed by atoms with Gasteiger partial charge in [-0.05, 0) is 55.7 Å². The van der Waals surface area contributed by atoms with E-state index in [9.17, 15) is 19.7 Å². The smallest absolute Gasteiger partial charge is 0.270 e. The molecule has 1 unspecified atom stereocenters. The predicted molar refractivity (Wildman–Crippen MR) is 148 cm³/mol. The van der Waals surface area contributed by atoms with Crippen molar-refractivity contribution in [2.75, 3.05) is 11.4 Å². The van der Waals surface area contributed by atoms with Gasteiger partial charge in [-0.2, -0.15) is 0 Å². The number of nitro groups is 1. The fraction of sp³-hybridized carbons (Fsp3) is 0.200. The summed E-state index contributed by atoms with van der Waals surface area (Å²) in [6.45, 7) is 1.88. The molecule has 0 bridgehead atoms. The molecular weight excluding hydrogens is 516 g/mol. The molecule has 1 aliphatic carbocycles. The number of hydrogen-bond acceptors (Lipinski definition) is 4. The highest BCUT2D eigenvalue weighted by Crippen LogP contribution is 2.43. The first-order valence-corrected chi connectivity index (χ1v) is 13.1. The first-order valence-electron chi connectivity index (χ1n) is 12.7. The van der Waals surface area contributed by atoms with Gasteiger partial charge in [0.2, 0.25) is 5.91 Å². The number of anilines is 1. The number of aromatic nitrogens is 1. The number of rotatable bonds is 6. The van der Waals surface area contributed by atoms with Crippen LogP contribution in [0, 0.1) is 17.0 Å². The van der Waals surface area contributed by atoms with Crippen LogP contribution in [0.2, 0.25) is 5.02 Å². The van der Waals surface area contributed by atoms with Gasteiger partial charge in [-0.25, -0.2) is 0 Å². The molecule has 9 heteroatoms. The van der Waals surface area contributed by atoms with E-state index in [0.717, 1.165) is 41.0 Å². The van der Waals surface area contributed by atoms with E-state index in [1.54, 1.807) is 9.80 Å². The van der Waals surface area contributed by atoms with Gasteiger partial charge in [0.15, 0.2) is 0 Å². The Hall–Kier alpha value is -4.43. The molecule has 3 aromatic carbocycles. The largest absolute Gasteiger partial charge is 0.326 e. The summed E-state index contributed by atoms with van der Waals surface area (Å²) in [6, 6.07) is 23.2. The summed E-state index contributed by atoms with van der Waals surface area (Å²) >= 11 is 6.30. The number of halogens is 1. The van der Waals surface area contributed by atoms with E-state index in [0.29, 0.717) is 0 Å². The molecule has 2 amide bonds. The average molecular weight is 541 g/mol. The minimum absolute atomic E-state index is 0.00836. The Morgan fingerprint density at radius 2 is 1.72 bits per heavy atom. The number of carbonyl (C=O) groups excluding carboxylic acids is 2. The molecule has 4 aromatic rings. The maximum Gasteiger partial charge on any atom is 0.270 e. The standard InChI is InChI=1S/C30H25ClN4O4/c1-19-8-10-20(11-9-19)29-27-7-4-16-32(27)25-5-2-3-6-26(25)34(29)28(36)18-33(21-12-13-21)30(37)23-15-14-22(35(38)39)17-24(23)31/h2-11,14-17,21,29H,12-13,18H2,1H3. The summed E-state index contributed by atoms with van der Waals surface area (Å²) in [5.41, 5.74) is 4.63. The summed E-state index contributed by atoms with van der Waals surface area (Å²) in [5.74, 6) is -0.634. The van der Waals surface area contributed by atoms with Gasteiger partial charge in [-0.1, -0.05) is 53.6 Å². The first kappa shape index (κ1) is 24.9. The van der Waals surface area contributed by atoms with Crippen molar-refractivity contribution < 1.29 is 14.5 Å². The van der Waals surface area contributed by atoms with Gasteiger partial charge in [-0.3, -0.25) is 24.6 Å². The zero-order valence-electron chi connectivity index (χ0n) is 21.2. The van der Waals surface area contributed by atoms with Crippen LogP contribution < -0.4 is 4.90 Å². The maximum absolute atomic E-state index is 14.3. The molecule has 1 aromatic heterocycles. The van der Waals surface area contributed by atoms with E-state index in [-0.39, 0.29) is 40.8 Å². The number of benzene rings is 3. The van der Waals surface area contributed by atoms with Gasteiger partial charge in [0.25, 0.3) is 11.6 Å². The molecule has 0 saturated heterocycles. The van der Waals surface area contributed by atoms with Crippen molar-refractivity contribution in [3.63, 3.8) is 0 Å². The molecule has 39 heavy (non-hydrogen) atoms. The minimum atomic E-state index is -0.558. The van der Waals surface area contributed by atoms with Crippen LogP contribution in [-0.2, 0) is 4.79 Å². The number of non-ortho nitro benzene ring substituents is 1. The van der Waals surface area contributed by atoms with Crippen LogP contribution in [0.25, 0.3) is 5.69 Å². The number of para-hydroxylation sites is 2. The van der Waals surface area contributed by atoms with E-state index in [4.69, 9.17) is 11.6 Å². The summed E-state index contributed by atoms with van der Waals surface area (Å²) in [6.07, 6.45) is 3.56. The van der Waals surface area contributed by atoms with Gasteiger partial charge in [0, 0.05) is 24.4 Å². The second kappa shape index (κ2) is 9.71. The Bertz CT molecular complexity index is 1610. The molecule has 2 heterocycles. The highest BCUT2D eigenvalue weighted by Gasteiger charge is 2.40. The lowest BCUT2D eigenvalue weighted by Gasteiger charge is -2.39. The number of aryl methyl sites for hydroxylation is 1. The zero-order valence-corrected chi connectivity index (χ0v) is 21.9. The number of nitrogens with zero attached hydrogens (tertiary/aromatic N) is 4. The van der Waals surface area contributed by atoms with Crippen molar-refractivity contribution >= 4 is 34.8 Å². The van der Waals surface area contributed by atoms with Crippen LogP contribution in [0.1, 0.15) is 46.1 Å². The predicted octanol–water partition coefficient (Wildman–Crippen LogP) is 6.09. The monoisotopic (exact) mass is 540 g/mol. The third-order valence-electron chi connectivity index (χ3n) is 7.33. The van der Waals surface area contributed by atoms with E-state index in [2.05, 4.69) is 4.57 Å². The van der Waals surface area contributed by atoms with Gasteiger partial charge < -0.3 is 9.47 Å². The molecule has 8 nitrogen and oxygen atoms in total. The second-order valence-electron chi connectivity index (χ2n) is 9.95. The van der Waals surface area contributed by atoms with E-state index >= 15 is 0 Å². The topological polar surface area (TPSA) is 88.7 Å². The Kier molecular flexibility index (Phi) is 6.19. The van der Waals surface area contributed by atoms with Crippen LogP contribution in [0.4, 0.5) is 11.4 Å². The van der Waals surface area contributed by atoms with E-state index in [1.165, 1.54) is 18.2 Å². The molecule has 0 N–H and O–H groups in total.